The van der Waals surface area contributed by atoms with E-state index in [2.05, 4.69) is 46.8 Å². The Balaban J connectivity index is 1.95. The van der Waals surface area contributed by atoms with Gasteiger partial charge < -0.3 is 5.11 Å². The summed E-state index contributed by atoms with van der Waals surface area (Å²) in [5.74, 6) is -0.520. The van der Waals surface area contributed by atoms with Crippen molar-refractivity contribution >= 4 is 37.8 Å². The topological polar surface area (TPSA) is 76.0 Å². The van der Waals surface area contributed by atoms with E-state index in [0.717, 1.165) is 20.2 Å². The number of fused-ring (bicyclic) bond motifs is 1. The van der Waals surface area contributed by atoms with Gasteiger partial charge in [-0.15, -0.1) is 0 Å². The molecule has 108 valence electrons. The van der Waals surface area contributed by atoms with Crippen LogP contribution in [0.15, 0.2) is 27.4 Å². The minimum Gasteiger partial charge on any atom is -0.481 e. The smallest absolute Gasteiger partial charge is 0.306 e. The highest BCUT2D eigenvalue weighted by Crippen LogP contribution is 2.29. The van der Waals surface area contributed by atoms with Crippen LogP contribution < -0.4 is 0 Å². The van der Waals surface area contributed by atoms with E-state index in [4.69, 9.17) is 5.11 Å². The Morgan fingerprint density at radius 1 is 1.29 bits per heavy atom. The third-order valence-corrected chi connectivity index (χ3v) is 4.56. The Kier molecular flexibility index (Phi) is 4.03. The fourth-order valence-corrected chi connectivity index (χ4v) is 3.58. The van der Waals surface area contributed by atoms with Gasteiger partial charge in [0.2, 0.25) is 0 Å². The van der Waals surface area contributed by atoms with Crippen LogP contribution in [0.5, 0.6) is 0 Å². The second-order valence-electron chi connectivity index (χ2n) is 4.93. The summed E-state index contributed by atoms with van der Waals surface area (Å²) >= 11 is 6.82. The van der Waals surface area contributed by atoms with Gasteiger partial charge in [-0.1, -0.05) is 0 Å². The number of hydrogen-bond donors (Lipinski definition) is 1. The Bertz CT molecular complexity index is 721. The molecular weight excluding hydrogens is 402 g/mol. The average molecular weight is 413 g/mol. The summed E-state index contributed by atoms with van der Waals surface area (Å²) in [7, 11) is 0. The first-order valence-corrected chi connectivity index (χ1v) is 8.02. The Labute approximate surface area is 138 Å². The van der Waals surface area contributed by atoms with E-state index in [1.54, 1.807) is 12.4 Å². The molecule has 2 heterocycles. The zero-order valence-corrected chi connectivity index (χ0v) is 14.1. The molecule has 2 aromatic heterocycles. The molecule has 1 aliphatic rings. The van der Waals surface area contributed by atoms with Crippen LogP contribution in [0, 0.1) is 5.92 Å². The van der Waals surface area contributed by atoms with Crippen LogP contribution in [0.1, 0.15) is 17.7 Å². The molecule has 21 heavy (non-hydrogen) atoms. The summed E-state index contributed by atoms with van der Waals surface area (Å²) in [6.45, 7) is 0. The molecule has 0 saturated carbocycles. The molecule has 0 fully saturated rings. The average Bonchev–Trinajstić information content (AvgIpc) is 2.46. The van der Waals surface area contributed by atoms with Crippen molar-refractivity contribution in [1.82, 2.24) is 15.0 Å². The van der Waals surface area contributed by atoms with Crippen molar-refractivity contribution in [1.29, 1.82) is 0 Å². The van der Waals surface area contributed by atoms with Gasteiger partial charge in [0.1, 0.15) is 5.69 Å². The number of aliphatic carboxylic acids is 1. The molecule has 0 amide bonds. The number of carboxylic acid groups (broad SMARTS) is 1. The van der Waals surface area contributed by atoms with Gasteiger partial charge in [0.25, 0.3) is 0 Å². The number of hydrogen-bond acceptors (Lipinski definition) is 4. The van der Waals surface area contributed by atoms with Gasteiger partial charge in [-0.05, 0) is 62.8 Å². The predicted molar refractivity (Wildman–Crippen MR) is 83.8 cm³/mol. The second kappa shape index (κ2) is 5.81. The number of carbonyl (C=O) groups is 1. The van der Waals surface area contributed by atoms with Crippen molar-refractivity contribution < 1.29 is 9.90 Å². The van der Waals surface area contributed by atoms with Gasteiger partial charge in [0, 0.05) is 27.0 Å². The Morgan fingerprint density at radius 3 is 2.81 bits per heavy atom. The predicted octanol–water partition coefficient (Wildman–Crippen LogP) is 3.25. The number of aromatic nitrogens is 3. The van der Waals surface area contributed by atoms with E-state index < -0.39 is 5.97 Å². The third-order valence-electron chi connectivity index (χ3n) is 3.52. The minimum absolute atomic E-state index is 0.329. The van der Waals surface area contributed by atoms with Gasteiger partial charge >= 0.3 is 5.97 Å². The highest BCUT2D eigenvalue weighted by Gasteiger charge is 2.26. The van der Waals surface area contributed by atoms with Crippen LogP contribution in [0.3, 0.4) is 0 Å². The van der Waals surface area contributed by atoms with Crippen LogP contribution >= 0.6 is 31.9 Å². The lowest BCUT2D eigenvalue weighted by atomic mass is 9.87. The third kappa shape index (κ3) is 2.98. The van der Waals surface area contributed by atoms with E-state index in [-0.39, 0.29) is 5.92 Å². The molecule has 0 aromatic carbocycles. The maximum Gasteiger partial charge on any atom is 0.306 e. The molecule has 7 heteroatoms. The molecule has 0 bridgehead atoms. The van der Waals surface area contributed by atoms with Crippen molar-refractivity contribution in [2.75, 3.05) is 0 Å². The van der Waals surface area contributed by atoms with Crippen molar-refractivity contribution in [2.45, 2.75) is 19.3 Å². The van der Waals surface area contributed by atoms with E-state index in [1.807, 2.05) is 6.07 Å². The molecule has 0 spiro atoms. The van der Waals surface area contributed by atoms with Gasteiger partial charge in [-0.2, -0.15) is 0 Å². The van der Waals surface area contributed by atoms with E-state index in [9.17, 15) is 4.79 Å². The van der Waals surface area contributed by atoms with Crippen LogP contribution in [-0.4, -0.2) is 26.0 Å². The summed E-state index contributed by atoms with van der Waals surface area (Å²) in [6, 6.07) is 1.89. The molecule has 5 nitrogen and oxygen atoms in total. The normalized spacial score (nSPS) is 17.3. The summed E-state index contributed by atoms with van der Waals surface area (Å²) < 4.78 is 1.69. The summed E-state index contributed by atoms with van der Waals surface area (Å²) in [5, 5.41) is 9.10. The van der Waals surface area contributed by atoms with E-state index in [1.165, 1.54) is 0 Å². The quantitative estimate of drug-likeness (QED) is 0.819. The number of nitrogens with zero attached hydrogens (tertiary/aromatic N) is 3. The molecule has 2 aromatic rings. The van der Waals surface area contributed by atoms with E-state index >= 15 is 0 Å². The van der Waals surface area contributed by atoms with Crippen molar-refractivity contribution in [3.8, 4) is 11.5 Å². The van der Waals surface area contributed by atoms with Gasteiger partial charge in [-0.3, -0.25) is 9.78 Å². The van der Waals surface area contributed by atoms with Crippen molar-refractivity contribution in [3.63, 3.8) is 0 Å². The first kappa shape index (κ1) is 14.6. The lowest BCUT2D eigenvalue weighted by Crippen LogP contribution is -2.23. The summed E-state index contributed by atoms with van der Waals surface area (Å²) in [4.78, 5) is 24.3. The highest BCUT2D eigenvalue weighted by molar-refractivity contribution is 9.11. The molecule has 0 saturated heterocycles. The number of pyridine rings is 1. The fourth-order valence-electron chi connectivity index (χ4n) is 2.41. The second-order valence-corrected chi connectivity index (χ2v) is 6.70. The SMILES string of the molecule is O=C(O)C1CCc2nc(-c3ncc(Br)cc3Br)ncc2C1. The number of aryl methyl sites for hydroxylation is 1. The summed E-state index contributed by atoms with van der Waals surface area (Å²) in [6.07, 6.45) is 5.20. The number of halogens is 2. The van der Waals surface area contributed by atoms with E-state index in [0.29, 0.717) is 30.8 Å². The molecule has 1 unspecified atom stereocenters. The largest absolute Gasteiger partial charge is 0.481 e. The molecule has 1 atom stereocenters. The number of rotatable bonds is 2. The molecule has 3 rings (SSSR count). The molecule has 0 aliphatic heterocycles. The van der Waals surface area contributed by atoms with Gasteiger partial charge in [0.15, 0.2) is 5.82 Å². The zero-order valence-electron chi connectivity index (χ0n) is 10.9. The van der Waals surface area contributed by atoms with Crippen LogP contribution in [-0.2, 0) is 17.6 Å². The van der Waals surface area contributed by atoms with Crippen LogP contribution in [0.4, 0.5) is 0 Å². The number of carboxylic acids is 1. The van der Waals surface area contributed by atoms with Crippen molar-refractivity contribution in [3.05, 3.63) is 38.7 Å². The lowest BCUT2D eigenvalue weighted by molar-refractivity contribution is -0.142. The molecule has 1 N–H and O–H groups in total. The maximum absolute atomic E-state index is 11.1. The van der Waals surface area contributed by atoms with Crippen LogP contribution in [0.2, 0.25) is 0 Å². The first-order valence-electron chi connectivity index (χ1n) is 6.43. The van der Waals surface area contributed by atoms with Gasteiger partial charge in [-0.25, -0.2) is 9.97 Å². The van der Waals surface area contributed by atoms with Crippen LogP contribution in [0.25, 0.3) is 11.5 Å². The molecule has 1 aliphatic carbocycles. The zero-order chi connectivity index (χ0) is 15.0. The minimum atomic E-state index is -0.748. The first-order chi connectivity index (χ1) is 10.0. The molecule has 0 radical (unpaired) electrons. The monoisotopic (exact) mass is 411 g/mol. The standard InChI is InChI=1S/C14H11Br2N3O2/c15-9-4-10(16)12(17-6-9)13-18-5-8-3-7(14(20)21)1-2-11(8)19-13/h4-7H,1-3H2,(H,20,21). The summed E-state index contributed by atoms with van der Waals surface area (Å²) in [5.41, 5.74) is 2.53. The fraction of sp³-hybridized carbons (Fsp3) is 0.286. The van der Waals surface area contributed by atoms with Gasteiger partial charge in [0.05, 0.1) is 5.92 Å². The maximum atomic E-state index is 11.1. The Morgan fingerprint density at radius 2 is 2.10 bits per heavy atom. The molecular formula is C14H11Br2N3O2. The van der Waals surface area contributed by atoms with Crippen molar-refractivity contribution in [2.24, 2.45) is 5.92 Å². The Hall–Kier alpha value is -1.34. The highest BCUT2D eigenvalue weighted by atomic mass is 79.9. The lowest BCUT2D eigenvalue weighted by Gasteiger charge is -2.20.